The Balaban J connectivity index is 2.06. The van der Waals surface area contributed by atoms with Gasteiger partial charge in [-0.1, -0.05) is 13.3 Å². The number of amides is 2. The summed E-state index contributed by atoms with van der Waals surface area (Å²) in [6, 6.07) is 1.68. The summed E-state index contributed by atoms with van der Waals surface area (Å²) in [6.07, 6.45) is 3.18. The minimum atomic E-state index is -0.784. The molecule has 0 spiro atoms. The van der Waals surface area contributed by atoms with Crippen LogP contribution in [0.25, 0.3) is 0 Å². The molecule has 0 saturated carbocycles. The van der Waals surface area contributed by atoms with Crippen LogP contribution in [0.2, 0.25) is 0 Å². The normalized spacial score (nSPS) is 15.4. The number of aromatic nitrogens is 1. The van der Waals surface area contributed by atoms with E-state index in [0.29, 0.717) is 17.6 Å². The van der Waals surface area contributed by atoms with Crippen molar-refractivity contribution in [2.24, 2.45) is 0 Å². The molecular weight excluding hydrogens is 292 g/mol. The predicted octanol–water partition coefficient (Wildman–Crippen LogP) is 0.338. The first-order valence-corrected chi connectivity index (χ1v) is 6.80. The molecule has 0 fully saturated rings. The zero-order chi connectivity index (χ0) is 16.3. The van der Waals surface area contributed by atoms with E-state index in [1.807, 2.05) is 6.92 Å². The largest absolute Gasteiger partial charge is 0.492 e. The summed E-state index contributed by atoms with van der Waals surface area (Å²) >= 11 is 0. The van der Waals surface area contributed by atoms with Crippen LogP contribution in [0, 0.1) is 0 Å². The molecule has 1 aliphatic heterocycles. The van der Waals surface area contributed by atoms with E-state index in [1.165, 1.54) is 0 Å². The van der Waals surface area contributed by atoms with Crippen molar-refractivity contribution in [3.63, 3.8) is 0 Å². The highest BCUT2D eigenvalue weighted by Gasteiger charge is 2.32. The lowest BCUT2D eigenvalue weighted by Gasteiger charge is -2.25. The molecule has 2 rings (SSSR count). The molecule has 0 bridgehead atoms. The van der Waals surface area contributed by atoms with E-state index in [4.69, 9.17) is 4.84 Å². The van der Waals surface area contributed by atoms with Crippen molar-refractivity contribution in [1.29, 1.82) is 0 Å². The van der Waals surface area contributed by atoms with Gasteiger partial charge in [-0.3, -0.25) is 14.5 Å². The maximum absolute atomic E-state index is 11.9. The lowest BCUT2D eigenvalue weighted by molar-refractivity contribution is -0.149. The van der Waals surface area contributed by atoms with E-state index in [2.05, 4.69) is 0 Å². The highest BCUT2D eigenvalue weighted by Crippen LogP contribution is 2.20. The first kappa shape index (κ1) is 15.6. The SMILES string of the molecule is CCCC(CC(=O)On1c(O)ccc1O)N1C(=O)C=CC1=O. The first-order valence-electron chi connectivity index (χ1n) is 6.80. The summed E-state index contributed by atoms with van der Waals surface area (Å²) in [5.74, 6) is -2.60. The Morgan fingerprint density at radius 1 is 1.18 bits per heavy atom. The number of imide groups is 1. The second-order valence-electron chi connectivity index (χ2n) is 4.83. The average Bonchev–Trinajstić information content (AvgIpc) is 2.95. The van der Waals surface area contributed by atoms with Gasteiger partial charge in [-0.2, -0.15) is 0 Å². The maximum atomic E-state index is 11.9. The molecule has 8 nitrogen and oxygen atoms in total. The monoisotopic (exact) mass is 308 g/mol. The van der Waals surface area contributed by atoms with Gasteiger partial charge in [-0.05, 0) is 6.42 Å². The molecule has 1 aliphatic rings. The number of nitrogens with zero attached hydrogens (tertiary/aromatic N) is 2. The van der Waals surface area contributed by atoms with Crippen LogP contribution in [0.4, 0.5) is 0 Å². The van der Waals surface area contributed by atoms with Gasteiger partial charge in [0.2, 0.25) is 11.8 Å². The number of carbonyl (C=O) groups excluding carboxylic acids is 3. The standard InChI is InChI=1S/C14H16N2O6/c1-2-3-9(15-10(17)4-5-11(15)18)8-14(21)22-16-12(19)6-7-13(16)20/h4-7,9,19-20H,2-3,8H2,1H3. The van der Waals surface area contributed by atoms with Crippen LogP contribution in [0.5, 0.6) is 11.8 Å². The molecule has 22 heavy (non-hydrogen) atoms. The van der Waals surface area contributed by atoms with Crippen LogP contribution in [0.1, 0.15) is 26.2 Å². The van der Waals surface area contributed by atoms with Crippen molar-refractivity contribution in [2.45, 2.75) is 32.2 Å². The molecule has 2 amide bonds. The van der Waals surface area contributed by atoms with Crippen LogP contribution in [-0.4, -0.2) is 43.7 Å². The van der Waals surface area contributed by atoms with E-state index < -0.39 is 35.6 Å². The molecule has 2 N–H and O–H groups in total. The molecule has 0 aliphatic carbocycles. The second-order valence-corrected chi connectivity index (χ2v) is 4.83. The minimum Gasteiger partial charge on any atom is -0.492 e. The zero-order valence-corrected chi connectivity index (χ0v) is 11.9. The molecule has 1 aromatic heterocycles. The van der Waals surface area contributed by atoms with Crippen LogP contribution in [-0.2, 0) is 14.4 Å². The molecule has 2 heterocycles. The molecular formula is C14H16N2O6. The molecule has 0 aromatic carbocycles. The summed E-state index contributed by atoms with van der Waals surface area (Å²) in [5, 5.41) is 18.8. The Kier molecular flexibility index (Phi) is 4.50. The van der Waals surface area contributed by atoms with Crippen molar-refractivity contribution < 1.29 is 29.4 Å². The van der Waals surface area contributed by atoms with Crippen molar-refractivity contribution in [3.05, 3.63) is 24.3 Å². The van der Waals surface area contributed by atoms with Gasteiger partial charge in [0.15, 0.2) is 0 Å². The Morgan fingerprint density at radius 3 is 2.23 bits per heavy atom. The fourth-order valence-electron chi connectivity index (χ4n) is 2.25. The third kappa shape index (κ3) is 3.11. The minimum absolute atomic E-state index is 0.232. The number of rotatable bonds is 6. The third-order valence-corrected chi connectivity index (χ3v) is 3.22. The smallest absolute Gasteiger partial charge is 0.335 e. The summed E-state index contributed by atoms with van der Waals surface area (Å²) in [7, 11) is 0. The highest BCUT2D eigenvalue weighted by molar-refractivity contribution is 6.13. The van der Waals surface area contributed by atoms with Crippen LogP contribution < -0.4 is 4.84 Å². The van der Waals surface area contributed by atoms with Gasteiger partial charge in [0.05, 0.1) is 12.5 Å². The van der Waals surface area contributed by atoms with Gasteiger partial charge < -0.3 is 15.1 Å². The fourth-order valence-corrected chi connectivity index (χ4v) is 2.25. The van der Waals surface area contributed by atoms with Gasteiger partial charge in [-0.15, -0.1) is 4.73 Å². The van der Waals surface area contributed by atoms with Crippen LogP contribution >= 0.6 is 0 Å². The predicted molar refractivity (Wildman–Crippen MR) is 73.7 cm³/mol. The van der Waals surface area contributed by atoms with E-state index in [9.17, 15) is 24.6 Å². The summed E-state index contributed by atoms with van der Waals surface area (Å²) in [6.45, 7) is 1.86. The molecule has 0 saturated heterocycles. The molecule has 8 heteroatoms. The van der Waals surface area contributed by atoms with Crippen molar-refractivity contribution in [3.8, 4) is 11.8 Å². The topological polar surface area (TPSA) is 109 Å². The number of carbonyl (C=O) groups is 3. The Morgan fingerprint density at radius 2 is 1.73 bits per heavy atom. The van der Waals surface area contributed by atoms with E-state index in [-0.39, 0.29) is 6.42 Å². The van der Waals surface area contributed by atoms with E-state index >= 15 is 0 Å². The Bertz CT molecular complexity index is 596. The lowest BCUT2D eigenvalue weighted by Crippen LogP contribution is -2.42. The zero-order valence-electron chi connectivity index (χ0n) is 11.9. The van der Waals surface area contributed by atoms with Crippen molar-refractivity contribution >= 4 is 17.8 Å². The first-order chi connectivity index (χ1) is 10.4. The summed E-state index contributed by atoms with van der Waals surface area (Å²) < 4.78 is 0.567. The summed E-state index contributed by atoms with van der Waals surface area (Å²) in [5.41, 5.74) is 0. The quantitative estimate of drug-likeness (QED) is 0.733. The second kappa shape index (κ2) is 6.33. The third-order valence-electron chi connectivity index (χ3n) is 3.22. The Hall–Kier alpha value is -2.77. The molecule has 1 unspecified atom stereocenters. The van der Waals surface area contributed by atoms with Crippen molar-refractivity contribution in [2.75, 3.05) is 0 Å². The van der Waals surface area contributed by atoms with Gasteiger partial charge in [-0.25, -0.2) is 4.79 Å². The maximum Gasteiger partial charge on any atom is 0.335 e. The molecule has 0 radical (unpaired) electrons. The Labute approximate surface area is 126 Å². The molecule has 118 valence electrons. The van der Waals surface area contributed by atoms with Crippen LogP contribution in [0.3, 0.4) is 0 Å². The van der Waals surface area contributed by atoms with Gasteiger partial charge in [0.25, 0.3) is 11.8 Å². The fraction of sp³-hybridized carbons (Fsp3) is 0.357. The van der Waals surface area contributed by atoms with Crippen molar-refractivity contribution in [1.82, 2.24) is 9.63 Å². The van der Waals surface area contributed by atoms with Gasteiger partial charge in [0.1, 0.15) is 0 Å². The number of hydrogen-bond donors (Lipinski definition) is 2. The van der Waals surface area contributed by atoms with E-state index in [1.54, 1.807) is 0 Å². The van der Waals surface area contributed by atoms with Crippen LogP contribution in [0.15, 0.2) is 24.3 Å². The number of aromatic hydroxyl groups is 2. The van der Waals surface area contributed by atoms with Gasteiger partial charge >= 0.3 is 5.97 Å². The molecule has 1 aromatic rings. The summed E-state index contributed by atoms with van der Waals surface area (Å²) in [4.78, 5) is 41.2. The highest BCUT2D eigenvalue weighted by atomic mass is 16.7. The average molecular weight is 308 g/mol. The van der Waals surface area contributed by atoms with E-state index in [0.717, 1.165) is 29.2 Å². The lowest BCUT2D eigenvalue weighted by atomic mass is 10.1. The number of hydrogen-bond acceptors (Lipinski definition) is 6. The molecule has 1 atom stereocenters. The van der Waals surface area contributed by atoms with Gasteiger partial charge in [0, 0.05) is 24.3 Å².